The van der Waals surface area contributed by atoms with Gasteiger partial charge in [-0.3, -0.25) is 9.97 Å². The number of nitrogens with zero attached hydrogens (tertiary/aromatic N) is 2. The largest absolute Gasteiger partial charge is 0.261 e. The van der Waals surface area contributed by atoms with Crippen molar-refractivity contribution in [3.8, 4) is 0 Å². The van der Waals surface area contributed by atoms with E-state index in [2.05, 4.69) is 16.2 Å². The van der Waals surface area contributed by atoms with Gasteiger partial charge in [-0.1, -0.05) is 0 Å². The number of aromatic nitrogens is 2. The number of rotatable bonds is 0. The third-order valence-corrected chi connectivity index (χ3v) is 0.434. The van der Waals surface area contributed by atoms with Crippen LogP contribution >= 0.6 is 0 Å². The fourth-order valence-corrected chi connectivity index (χ4v) is 0.225. The van der Waals surface area contributed by atoms with Crippen molar-refractivity contribution in [3.05, 3.63) is 24.8 Å². The van der Waals surface area contributed by atoms with Gasteiger partial charge in [0.1, 0.15) is 6.20 Å². The predicted octanol–water partition coefficient (Wildman–Crippen LogP) is -0.907. The maximum atomic E-state index is 3.67. The Morgan fingerprint density at radius 2 is 2.14 bits per heavy atom. The van der Waals surface area contributed by atoms with E-state index in [1.807, 2.05) is 0 Å². The first-order valence-electron chi connectivity index (χ1n) is 1.62. The van der Waals surface area contributed by atoms with Gasteiger partial charge < -0.3 is 0 Å². The first-order valence-corrected chi connectivity index (χ1v) is 1.62. The molecule has 0 aromatic carbocycles. The van der Waals surface area contributed by atoms with E-state index in [1.54, 1.807) is 12.4 Å². The Labute approximate surface area is 53.3 Å². The SMILES string of the molecule is [AsH3].[c]1cnccn1. The van der Waals surface area contributed by atoms with Crippen LogP contribution in [0, 0.1) is 6.20 Å². The zero-order valence-electron chi connectivity index (χ0n) is 3.83. The summed E-state index contributed by atoms with van der Waals surface area (Å²) in [5, 5.41) is 0. The van der Waals surface area contributed by atoms with Crippen LogP contribution in [0.3, 0.4) is 0 Å². The summed E-state index contributed by atoms with van der Waals surface area (Å²) >= 11 is 0. The smallest absolute Gasteiger partial charge is 0.108 e. The zero-order valence-corrected chi connectivity index (χ0v) is 6.80. The average molecular weight is 157 g/mol. The molecule has 0 saturated heterocycles. The summed E-state index contributed by atoms with van der Waals surface area (Å²) in [7, 11) is 0. The molecule has 7 heavy (non-hydrogen) atoms. The molecule has 0 bridgehead atoms. The molecule has 0 saturated carbocycles. The molecule has 0 aliphatic rings. The monoisotopic (exact) mass is 157 g/mol. The van der Waals surface area contributed by atoms with Gasteiger partial charge in [0.25, 0.3) is 0 Å². The second kappa shape index (κ2) is 3.82. The Balaban J connectivity index is 0.000000360. The van der Waals surface area contributed by atoms with Crippen LogP contribution in [0.5, 0.6) is 0 Å². The second-order valence-electron chi connectivity index (χ2n) is 0.835. The van der Waals surface area contributed by atoms with Crippen LogP contribution in [-0.4, -0.2) is 27.9 Å². The third kappa shape index (κ3) is 2.35. The molecule has 1 heterocycles. The fraction of sp³-hybridized carbons (Fsp3) is 0. The summed E-state index contributed by atoms with van der Waals surface area (Å²) in [4.78, 5) is 7.26. The molecule has 1 unspecified atom stereocenters. The molecule has 0 fully saturated rings. The molecule has 0 aliphatic heterocycles. The van der Waals surface area contributed by atoms with Crippen molar-refractivity contribution < 1.29 is 0 Å². The average Bonchev–Trinajstić information content (AvgIpc) is 1.72. The van der Waals surface area contributed by atoms with Gasteiger partial charge >= 0.3 is 18.0 Å². The normalized spacial score (nSPS) is 6.86. The topological polar surface area (TPSA) is 25.8 Å². The summed E-state index contributed by atoms with van der Waals surface area (Å²) < 4.78 is 0. The van der Waals surface area contributed by atoms with Crippen molar-refractivity contribution in [3.63, 3.8) is 0 Å². The zero-order chi connectivity index (χ0) is 4.24. The van der Waals surface area contributed by atoms with E-state index in [4.69, 9.17) is 0 Å². The van der Waals surface area contributed by atoms with E-state index in [-0.39, 0.29) is 18.0 Å². The molecule has 1 rings (SSSR count). The van der Waals surface area contributed by atoms with Crippen molar-refractivity contribution in [2.75, 3.05) is 0 Å². The maximum Gasteiger partial charge on any atom is 0.108 e. The van der Waals surface area contributed by atoms with E-state index in [0.717, 1.165) is 0 Å². The van der Waals surface area contributed by atoms with Gasteiger partial charge in [0.2, 0.25) is 0 Å². The molecular formula is C4H6AsN2. The number of hydrogen-bond donors (Lipinski definition) is 0. The summed E-state index contributed by atoms with van der Waals surface area (Å²) in [6.07, 6.45) is 7.24. The van der Waals surface area contributed by atoms with Gasteiger partial charge in [0.15, 0.2) is 0 Å². The van der Waals surface area contributed by atoms with Crippen LogP contribution in [0.2, 0.25) is 0 Å². The van der Waals surface area contributed by atoms with Gasteiger partial charge in [-0.25, -0.2) is 0 Å². The molecule has 1 atom stereocenters. The Bertz CT molecular complexity index is 81.6. The van der Waals surface area contributed by atoms with Gasteiger partial charge in [0, 0.05) is 12.4 Å². The molecule has 0 aliphatic carbocycles. The first kappa shape index (κ1) is 6.64. The summed E-state index contributed by atoms with van der Waals surface area (Å²) in [6.45, 7) is 0. The van der Waals surface area contributed by atoms with E-state index >= 15 is 0 Å². The van der Waals surface area contributed by atoms with E-state index in [1.165, 1.54) is 6.20 Å². The minimum absolute atomic E-state index is 0. The molecule has 0 amide bonds. The van der Waals surface area contributed by atoms with Gasteiger partial charge in [-0.05, 0) is 0 Å². The minimum atomic E-state index is 0. The van der Waals surface area contributed by atoms with Crippen molar-refractivity contribution >= 4 is 18.0 Å². The molecule has 2 nitrogen and oxygen atoms in total. The molecule has 3 heteroatoms. The van der Waals surface area contributed by atoms with Gasteiger partial charge in [0.05, 0.1) is 6.20 Å². The summed E-state index contributed by atoms with van der Waals surface area (Å²) in [6, 6.07) is 0. The van der Waals surface area contributed by atoms with Crippen LogP contribution in [0.25, 0.3) is 0 Å². The Morgan fingerprint density at radius 3 is 2.29 bits per heavy atom. The van der Waals surface area contributed by atoms with E-state index in [0.29, 0.717) is 0 Å². The fourth-order valence-electron chi connectivity index (χ4n) is 0.225. The van der Waals surface area contributed by atoms with Crippen LogP contribution < -0.4 is 0 Å². The standard InChI is InChI=1S/C4H3N2.AsH3/c1-2-6-4-3-5-1;/h1-3H;1H3. The van der Waals surface area contributed by atoms with Gasteiger partial charge in [-0.2, -0.15) is 0 Å². The Kier molecular flexibility index (Phi) is 3.62. The Morgan fingerprint density at radius 1 is 1.29 bits per heavy atom. The number of hydrogen-bond acceptors (Lipinski definition) is 2. The molecule has 1 aromatic heterocycles. The quantitative estimate of drug-likeness (QED) is 0.456. The summed E-state index contributed by atoms with van der Waals surface area (Å²) in [5.74, 6) is 0. The molecule has 37 valence electrons. The second-order valence-corrected chi connectivity index (χ2v) is 0.835. The first-order chi connectivity index (χ1) is 3.00. The van der Waals surface area contributed by atoms with Crippen molar-refractivity contribution in [1.29, 1.82) is 0 Å². The maximum absolute atomic E-state index is 3.67. The van der Waals surface area contributed by atoms with Crippen LogP contribution in [0.15, 0.2) is 18.6 Å². The van der Waals surface area contributed by atoms with E-state index < -0.39 is 0 Å². The summed E-state index contributed by atoms with van der Waals surface area (Å²) in [5.41, 5.74) is 0. The van der Waals surface area contributed by atoms with Crippen LogP contribution in [0.1, 0.15) is 0 Å². The van der Waals surface area contributed by atoms with E-state index in [9.17, 15) is 0 Å². The molecular weight excluding hydrogens is 151 g/mol. The molecule has 0 N–H and O–H groups in total. The van der Waals surface area contributed by atoms with Crippen LogP contribution in [-0.2, 0) is 0 Å². The Hall–Kier alpha value is -0.362. The molecule has 0 spiro atoms. The van der Waals surface area contributed by atoms with Crippen molar-refractivity contribution in [2.24, 2.45) is 0 Å². The molecule has 1 radical (unpaired) electrons. The third-order valence-electron chi connectivity index (χ3n) is 0.434. The van der Waals surface area contributed by atoms with Crippen molar-refractivity contribution in [1.82, 2.24) is 9.97 Å². The predicted molar refractivity (Wildman–Crippen MR) is 30.8 cm³/mol. The van der Waals surface area contributed by atoms with Gasteiger partial charge in [-0.15, -0.1) is 0 Å². The molecule has 1 aromatic rings. The van der Waals surface area contributed by atoms with Crippen LogP contribution in [0.4, 0.5) is 0 Å². The van der Waals surface area contributed by atoms with Crippen molar-refractivity contribution in [2.45, 2.75) is 0 Å². The minimum Gasteiger partial charge on any atom is -0.261 e.